The second-order valence-electron chi connectivity index (χ2n) is 6.17. The fourth-order valence-corrected chi connectivity index (χ4v) is 2.25. The molecule has 0 atom stereocenters. The Kier molecular flexibility index (Phi) is 6.04. The van der Waals surface area contributed by atoms with Crippen LogP contribution in [0.4, 0.5) is 4.79 Å². The van der Waals surface area contributed by atoms with E-state index in [2.05, 4.69) is 10.6 Å². The Hall–Kier alpha value is -3.35. The average Bonchev–Trinajstić information content (AvgIpc) is 3.49. The van der Waals surface area contributed by atoms with E-state index >= 15 is 0 Å². The van der Waals surface area contributed by atoms with Gasteiger partial charge in [0.2, 0.25) is 0 Å². The number of amides is 3. The first-order valence-electron chi connectivity index (χ1n) is 8.64. The minimum Gasteiger partial charge on any atom is -0.489 e. The van der Waals surface area contributed by atoms with Crippen molar-refractivity contribution in [1.82, 2.24) is 10.6 Å². The van der Waals surface area contributed by atoms with Gasteiger partial charge >= 0.3 is 12.0 Å². The number of rotatable bonds is 7. The van der Waals surface area contributed by atoms with Crippen LogP contribution in [0.1, 0.15) is 28.8 Å². The molecule has 0 radical (unpaired) electrons. The number of carbonyl (C=O) groups is 3. The van der Waals surface area contributed by atoms with E-state index in [4.69, 9.17) is 9.47 Å². The normalized spacial score (nSPS) is 12.7. The van der Waals surface area contributed by atoms with Gasteiger partial charge in [0.1, 0.15) is 12.4 Å². The maximum absolute atomic E-state index is 12.0. The van der Waals surface area contributed by atoms with Crippen molar-refractivity contribution >= 4 is 17.9 Å². The molecule has 0 aromatic heterocycles. The summed E-state index contributed by atoms with van der Waals surface area (Å²) in [6, 6.07) is 15.7. The van der Waals surface area contributed by atoms with Crippen molar-refractivity contribution in [2.24, 2.45) is 0 Å². The molecule has 2 aromatic rings. The lowest BCUT2D eigenvalue weighted by Crippen LogP contribution is -2.42. The molecule has 0 unspecified atom stereocenters. The zero-order valence-electron chi connectivity index (χ0n) is 14.6. The van der Waals surface area contributed by atoms with Crippen molar-refractivity contribution in [3.05, 3.63) is 65.7 Å². The van der Waals surface area contributed by atoms with Gasteiger partial charge in [-0.3, -0.25) is 10.1 Å². The lowest BCUT2D eigenvalue weighted by molar-refractivity contribution is -0.123. The van der Waals surface area contributed by atoms with Crippen molar-refractivity contribution in [2.45, 2.75) is 25.5 Å². The van der Waals surface area contributed by atoms with Crippen LogP contribution in [-0.2, 0) is 16.1 Å². The number of carbonyl (C=O) groups excluding carboxylic acids is 3. The van der Waals surface area contributed by atoms with E-state index in [0.717, 1.165) is 18.4 Å². The molecule has 27 heavy (non-hydrogen) atoms. The first-order chi connectivity index (χ1) is 13.1. The van der Waals surface area contributed by atoms with Crippen LogP contribution in [0.3, 0.4) is 0 Å². The van der Waals surface area contributed by atoms with Gasteiger partial charge in [-0.2, -0.15) is 0 Å². The Bertz CT molecular complexity index is 801. The molecule has 1 aliphatic carbocycles. The van der Waals surface area contributed by atoms with E-state index in [1.54, 1.807) is 24.3 Å². The summed E-state index contributed by atoms with van der Waals surface area (Å²) in [4.78, 5) is 35.0. The number of imide groups is 1. The third-order valence-electron chi connectivity index (χ3n) is 3.84. The molecule has 7 heteroatoms. The number of benzene rings is 2. The van der Waals surface area contributed by atoms with E-state index in [1.165, 1.54) is 0 Å². The molecule has 7 nitrogen and oxygen atoms in total. The molecule has 0 spiro atoms. The second-order valence-corrected chi connectivity index (χ2v) is 6.17. The number of hydrogen-bond acceptors (Lipinski definition) is 5. The molecule has 0 saturated heterocycles. The van der Waals surface area contributed by atoms with Gasteiger partial charge < -0.3 is 14.8 Å². The number of nitrogens with one attached hydrogen (secondary N) is 2. The maximum atomic E-state index is 12.0. The standard InChI is InChI=1S/C20H20N2O5/c23-18(22-20(25)21-16-8-9-16)13-27-19(24)15-6-10-17(11-7-15)26-12-14-4-2-1-3-5-14/h1-7,10-11,16H,8-9,12-13H2,(H2,21,22,23,25). The predicted octanol–water partition coefficient (Wildman–Crippen LogP) is 2.41. The lowest BCUT2D eigenvalue weighted by Gasteiger charge is -2.08. The molecular formula is C20H20N2O5. The molecule has 1 fully saturated rings. The summed E-state index contributed by atoms with van der Waals surface area (Å²) in [7, 11) is 0. The minimum atomic E-state index is -0.677. The molecular weight excluding hydrogens is 348 g/mol. The third kappa shape index (κ3) is 6.14. The first-order valence-corrected chi connectivity index (χ1v) is 8.64. The Morgan fingerprint density at radius 3 is 2.33 bits per heavy atom. The van der Waals surface area contributed by atoms with Crippen LogP contribution in [0.2, 0.25) is 0 Å². The van der Waals surface area contributed by atoms with Crippen LogP contribution in [0.15, 0.2) is 54.6 Å². The van der Waals surface area contributed by atoms with E-state index in [-0.39, 0.29) is 11.6 Å². The Balaban J connectivity index is 1.41. The highest BCUT2D eigenvalue weighted by Crippen LogP contribution is 2.18. The largest absolute Gasteiger partial charge is 0.489 e. The molecule has 3 rings (SSSR count). The van der Waals surface area contributed by atoms with Gasteiger partial charge in [0.25, 0.3) is 5.91 Å². The molecule has 0 aliphatic heterocycles. The van der Waals surface area contributed by atoms with Gasteiger partial charge in [-0.1, -0.05) is 30.3 Å². The van der Waals surface area contributed by atoms with Gasteiger partial charge in [0.15, 0.2) is 6.61 Å². The SMILES string of the molecule is O=C(COC(=O)c1ccc(OCc2ccccc2)cc1)NC(=O)NC1CC1. The number of ether oxygens (including phenoxy) is 2. The molecule has 2 aromatic carbocycles. The van der Waals surface area contributed by atoms with Gasteiger partial charge in [-0.25, -0.2) is 9.59 Å². The smallest absolute Gasteiger partial charge is 0.338 e. The molecule has 140 valence electrons. The van der Waals surface area contributed by atoms with Crippen molar-refractivity contribution in [2.75, 3.05) is 6.61 Å². The molecule has 0 bridgehead atoms. The van der Waals surface area contributed by atoms with Gasteiger partial charge in [-0.05, 0) is 42.7 Å². The van der Waals surface area contributed by atoms with E-state index in [1.807, 2.05) is 30.3 Å². The number of hydrogen-bond donors (Lipinski definition) is 2. The van der Waals surface area contributed by atoms with Crippen LogP contribution >= 0.6 is 0 Å². The highest BCUT2D eigenvalue weighted by molar-refractivity contribution is 5.97. The zero-order chi connectivity index (χ0) is 19.1. The van der Waals surface area contributed by atoms with Crippen LogP contribution < -0.4 is 15.4 Å². The Labute approximate surface area is 156 Å². The van der Waals surface area contributed by atoms with Gasteiger partial charge in [0, 0.05) is 6.04 Å². The Morgan fingerprint density at radius 1 is 0.963 bits per heavy atom. The van der Waals surface area contributed by atoms with Gasteiger partial charge in [-0.15, -0.1) is 0 Å². The van der Waals surface area contributed by atoms with Crippen LogP contribution in [0, 0.1) is 0 Å². The third-order valence-corrected chi connectivity index (χ3v) is 3.84. The lowest BCUT2D eigenvalue weighted by atomic mass is 10.2. The van der Waals surface area contributed by atoms with Crippen LogP contribution in [0.5, 0.6) is 5.75 Å². The first kappa shape index (κ1) is 18.4. The second kappa shape index (κ2) is 8.84. The monoisotopic (exact) mass is 368 g/mol. The van der Waals surface area contributed by atoms with Crippen molar-refractivity contribution in [3.63, 3.8) is 0 Å². The summed E-state index contributed by atoms with van der Waals surface area (Å²) in [6.45, 7) is -0.100. The number of esters is 1. The van der Waals surface area contributed by atoms with E-state index < -0.39 is 24.5 Å². The summed E-state index contributed by atoms with van der Waals surface area (Å²) in [5.41, 5.74) is 1.33. The summed E-state index contributed by atoms with van der Waals surface area (Å²) in [5, 5.41) is 4.72. The quantitative estimate of drug-likeness (QED) is 0.732. The average molecular weight is 368 g/mol. The molecule has 1 aliphatic rings. The van der Waals surface area contributed by atoms with Crippen molar-refractivity contribution < 1.29 is 23.9 Å². The van der Waals surface area contributed by atoms with Crippen LogP contribution in [0.25, 0.3) is 0 Å². The molecule has 0 heterocycles. The minimum absolute atomic E-state index is 0.142. The highest BCUT2D eigenvalue weighted by atomic mass is 16.5. The predicted molar refractivity (Wildman–Crippen MR) is 97.2 cm³/mol. The van der Waals surface area contributed by atoms with E-state index in [0.29, 0.717) is 12.4 Å². The van der Waals surface area contributed by atoms with Crippen molar-refractivity contribution in [1.29, 1.82) is 0 Å². The zero-order valence-corrected chi connectivity index (χ0v) is 14.6. The van der Waals surface area contributed by atoms with E-state index in [9.17, 15) is 14.4 Å². The molecule has 3 amide bonds. The van der Waals surface area contributed by atoms with Gasteiger partial charge in [0.05, 0.1) is 5.56 Å². The summed E-state index contributed by atoms with van der Waals surface area (Å²) < 4.78 is 10.6. The molecule has 2 N–H and O–H groups in total. The molecule has 1 saturated carbocycles. The summed E-state index contributed by atoms with van der Waals surface area (Å²) >= 11 is 0. The summed E-state index contributed by atoms with van der Waals surface area (Å²) in [5.74, 6) is -0.712. The highest BCUT2D eigenvalue weighted by Gasteiger charge is 2.24. The fourth-order valence-electron chi connectivity index (χ4n) is 2.25. The maximum Gasteiger partial charge on any atom is 0.338 e. The fraction of sp³-hybridized carbons (Fsp3) is 0.250. The number of urea groups is 1. The van der Waals surface area contributed by atoms with Crippen molar-refractivity contribution in [3.8, 4) is 5.75 Å². The topological polar surface area (TPSA) is 93.7 Å². The Morgan fingerprint density at radius 2 is 1.67 bits per heavy atom. The van der Waals surface area contributed by atoms with Crippen LogP contribution in [-0.4, -0.2) is 30.6 Å². The summed E-state index contributed by atoms with van der Waals surface area (Å²) in [6.07, 6.45) is 1.84.